The molecule has 3 nitrogen and oxygen atoms in total. The molecule has 0 aromatic rings. The molecule has 17 heavy (non-hydrogen) atoms. The summed E-state index contributed by atoms with van der Waals surface area (Å²) >= 11 is 0. The van der Waals surface area contributed by atoms with Crippen LogP contribution < -0.4 is 5.32 Å². The van der Waals surface area contributed by atoms with Gasteiger partial charge in [0.1, 0.15) is 0 Å². The Morgan fingerprint density at radius 3 is 2.29 bits per heavy atom. The van der Waals surface area contributed by atoms with Crippen molar-refractivity contribution in [2.75, 3.05) is 19.6 Å². The molecule has 2 amide bonds. The fourth-order valence-electron chi connectivity index (χ4n) is 3.00. The van der Waals surface area contributed by atoms with Crippen molar-refractivity contribution in [2.24, 2.45) is 5.92 Å². The molecular weight excluding hydrogens is 212 g/mol. The highest BCUT2D eigenvalue weighted by atomic mass is 16.2. The van der Waals surface area contributed by atoms with Gasteiger partial charge in [-0.05, 0) is 25.2 Å². The lowest BCUT2D eigenvalue weighted by atomic mass is 10.0. The molecule has 97 valence electrons. The van der Waals surface area contributed by atoms with E-state index in [0.717, 1.165) is 44.8 Å². The molecule has 1 radical (unpaired) electrons. The standard InChI is InChI=1S/C14H25N2O/c17-14(16-11-5-1-2-6-12-16)15-10-9-13-7-3-4-8-13/h13H,1-12H2. The topological polar surface area (TPSA) is 34.4 Å². The summed E-state index contributed by atoms with van der Waals surface area (Å²) in [6.07, 6.45) is 11.4. The molecule has 2 fully saturated rings. The van der Waals surface area contributed by atoms with E-state index >= 15 is 0 Å². The van der Waals surface area contributed by atoms with Gasteiger partial charge in [0.15, 0.2) is 0 Å². The molecule has 0 spiro atoms. The van der Waals surface area contributed by atoms with Gasteiger partial charge < -0.3 is 4.90 Å². The predicted molar refractivity (Wildman–Crippen MR) is 69.0 cm³/mol. The lowest BCUT2D eigenvalue weighted by Crippen LogP contribution is -2.37. The van der Waals surface area contributed by atoms with E-state index in [4.69, 9.17) is 0 Å². The Balaban J connectivity index is 1.61. The zero-order valence-corrected chi connectivity index (χ0v) is 10.9. The number of nitrogens with zero attached hydrogens (tertiary/aromatic N) is 2. The van der Waals surface area contributed by atoms with Gasteiger partial charge >= 0.3 is 6.03 Å². The highest BCUT2D eigenvalue weighted by Gasteiger charge is 2.18. The fourth-order valence-corrected chi connectivity index (χ4v) is 3.00. The molecule has 0 bridgehead atoms. The monoisotopic (exact) mass is 237 g/mol. The maximum absolute atomic E-state index is 11.9. The van der Waals surface area contributed by atoms with E-state index in [1.54, 1.807) is 0 Å². The van der Waals surface area contributed by atoms with E-state index in [1.807, 2.05) is 4.90 Å². The van der Waals surface area contributed by atoms with Crippen LogP contribution in [0.4, 0.5) is 4.79 Å². The largest absolute Gasteiger partial charge is 0.338 e. The summed E-state index contributed by atoms with van der Waals surface area (Å²) in [5, 5.41) is 4.24. The minimum atomic E-state index is 0.0462. The molecular formula is C14H25N2O. The van der Waals surface area contributed by atoms with Crippen molar-refractivity contribution in [1.82, 2.24) is 10.2 Å². The van der Waals surface area contributed by atoms with Gasteiger partial charge in [0.25, 0.3) is 0 Å². The number of amides is 2. The summed E-state index contributed by atoms with van der Waals surface area (Å²) in [6.45, 7) is 2.59. The van der Waals surface area contributed by atoms with E-state index in [-0.39, 0.29) is 6.03 Å². The van der Waals surface area contributed by atoms with Crippen molar-refractivity contribution < 1.29 is 4.79 Å². The molecule has 1 heterocycles. The van der Waals surface area contributed by atoms with Crippen LogP contribution in [0.5, 0.6) is 0 Å². The van der Waals surface area contributed by atoms with E-state index in [9.17, 15) is 4.79 Å². The van der Waals surface area contributed by atoms with E-state index in [0.29, 0.717) is 0 Å². The lowest BCUT2D eigenvalue weighted by molar-refractivity contribution is 0.198. The molecule has 3 heteroatoms. The second kappa shape index (κ2) is 6.87. The summed E-state index contributed by atoms with van der Waals surface area (Å²) in [6, 6.07) is 0.0462. The molecule has 1 aliphatic heterocycles. The number of urea groups is 1. The second-order valence-electron chi connectivity index (χ2n) is 5.50. The van der Waals surface area contributed by atoms with Crippen molar-refractivity contribution in [1.29, 1.82) is 0 Å². The van der Waals surface area contributed by atoms with Crippen LogP contribution in [0.3, 0.4) is 0 Å². The third kappa shape index (κ3) is 4.21. The van der Waals surface area contributed by atoms with Gasteiger partial charge in [-0.3, -0.25) is 0 Å². The van der Waals surface area contributed by atoms with Crippen LogP contribution in [-0.4, -0.2) is 30.6 Å². The average molecular weight is 237 g/mol. The molecule has 0 unspecified atom stereocenters. The molecule has 2 aliphatic rings. The van der Waals surface area contributed by atoms with E-state index < -0.39 is 0 Å². The quantitative estimate of drug-likeness (QED) is 0.742. The van der Waals surface area contributed by atoms with Crippen molar-refractivity contribution in [2.45, 2.75) is 57.8 Å². The molecule has 0 atom stereocenters. The first-order valence-corrected chi connectivity index (χ1v) is 7.32. The Labute approximate surface area is 105 Å². The lowest BCUT2D eigenvalue weighted by Gasteiger charge is -2.19. The normalized spacial score (nSPS) is 22.5. The van der Waals surface area contributed by atoms with Crippen molar-refractivity contribution >= 4 is 6.03 Å². The molecule has 1 saturated heterocycles. The van der Waals surface area contributed by atoms with Gasteiger partial charge in [0.05, 0.1) is 0 Å². The summed E-state index contributed by atoms with van der Waals surface area (Å²) in [7, 11) is 0. The first kappa shape index (κ1) is 12.7. The third-order valence-electron chi connectivity index (χ3n) is 4.14. The van der Waals surface area contributed by atoms with Gasteiger partial charge in [0, 0.05) is 19.6 Å². The average Bonchev–Trinajstić information content (AvgIpc) is 2.69. The molecule has 0 aromatic carbocycles. The first-order valence-electron chi connectivity index (χ1n) is 7.32. The number of hydrogen-bond donors (Lipinski definition) is 0. The molecule has 0 N–H and O–H groups in total. The SMILES string of the molecule is O=C([N]CCC1CCCC1)N1CCCCCC1. The van der Waals surface area contributed by atoms with Crippen molar-refractivity contribution in [3.05, 3.63) is 0 Å². The summed E-state index contributed by atoms with van der Waals surface area (Å²) in [5.74, 6) is 0.843. The molecule has 1 aliphatic carbocycles. The highest BCUT2D eigenvalue weighted by Crippen LogP contribution is 2.27. The molecule has 2 rings (SSSR count). The number of rotatable bonds is 3. The van der Waals surface area contributed by atoms with Crippen LogP contribution >= 0.6 is 0 Å². The summed E-state index contributed by atoms with van der Waals surface area (Å²) in [5.41, 5.74) is 0. The Morgan fingerprint density at radius 2 is 1.65 bits per heavy atom. The minimum absolute atomic E-state index is 0.0462. The Kier molecular flexibility index (Phi) is 5.14. The highest BCUT2D eigenvalue weighted by molar-refractivity contribution is 5.73. The van der Waals surface area contributed by atoms with Crippen LogP contribution in [0.1, 0.15) is 57.8 Å². The van der Waals surface area contributed by atoms with Gasteiger partial charge in [-0.15, -0.1) is 0 Å². The van der Waals surface area contributed by atoms with E-state index in [1.165, 1.54) is 38.5 Å². The number of hydrogen-bond acceptors (Lipinski definition) is 1. The first-order chi connectivity index (χ1) is 8.36. The number of carbonyl (C=O) groups excluding carboxylic acids is 1. The van der Waals surface area contributed by atoms with Crippen LogP contribution in [0.15, 0.2) is 0 Å². The van der Waals surface area contributed by atoms with Crippen molar-refractivity contribution in [3.63, 3.8) is 0 Å². The van der Waals surface area contributed by atoms with Crippen molar-refractivity contribution in [3.8, 4) is 0 Å². The maximum Gasteiger partial charge on any atom is 0.338 e. The fraction of sp³-hybridized carbons (Fsp3) is 0.929. The third-order valence-corrected chi connectivity index (χ3v) is 4.14. The smallest absolute Gasteiger partial charge is 0.323 e. The van der Waals surface area contributed by atoms with Gasteiger partial charge in [-0.25, -0.2) is 10.1 Å². The Morgan fingerprint density at radius 1 is 1.00 bits per heavy atom. The van der Waals surface area contributed by atoms with Gasteiger partial charge in [-0.2, -0.15) is 0 Å². The molecule has 0 aromatic heterocycles. The van der Waals surface area contributed by atoms with E-state index in [2.05, 4.69) is 5.32 Å². The van der Waals surface area contributed by atoms with Crippen LogP contribution in [-0.2, 0) is 0 Å². The van der Waals surface area contributed by atoms with Gasteiger partial charge in [-0.1, -0.05) is 38.5 Å². The summed E-state index contributed by atoms with van der Waals surface area (Å²) < 4.78 is 0. The number of likely N-dealkylation sites (tertiary alicyclic amines) is 1. The Bertz CT molecular complexity index is 228. The summed E-state index contributed by atoms with van der Waals surface area (Å²) in [4.78, 5) is 13.8. The van der Waals surface area contributed by atoms with Crippen LogP contribution in [0.2, 0.25) is 0 Å². The van der Waals surface area contributed by atoms with Crippen LogP contribution in [0, 0.1) is 5.92 Å². The molecule has 1 saturated carbocycles. The number of carbonyl (C=O) groups is 1. The predicted octanol–water partition coefficient (Wildman–Crippen LogP) is 3.17. The zero-order valence-electron chi connectivity index (χ0n) is 10.9. The second-order valence-corrected chi connectivity index (χ2v) is 5.50. The Hall–Kier alpha value is -0.730. The van der Waals surface area contributed by atoms with Gasteiger partial charge in [0.2, 0.25) is 0 Å². The van der Waals surface area contributed by atoms with Crippen LogP contribution in [0.25, 0.3) is 0 Å². The zero-order chi connectivity index (χ0) is 11.9. The maximum atomic E-state index is 11.9. The minimum Gasteiger partial charge on any atom is -0.323 e.